The molecule has 0 fully saturated rings. The second kappa shape index (κ2) is 2.72. The van der Waals surface area contributed by atoms with Crippen LogP contribution in [-0.2, 0) is 10.0 Å². The number of rotatable bonds is 1. The average molecular weight is 190 g/mol. The van der Waals surface area contributed by atoms with Crippen molar-refractivity contribution in [2.24, 2.45) is 5.14 Å². The lowest BCUT2D eigenvalue weighted by Crippen LogP contribution is -2.12. The molecule has 3 N–H and O–H groups in total. The minimum Gasteiger partial charge on any atom is -0.366 e. The van der Waals surface area contributed by atoms with Crippen molar-refractivity contribution in [1.29, 1.82) is 0 Å². The maximum absolute atomic E-state index is 10.7. The molecule has 0 aromatic carbocycles. The molecule has 0 saturated carbocycles. The van der Waals surface area contributed by atoms with Crippen molar-refractivity contribution >= 4 is 22.2 Å². The van der Waals surface area contributed by atoms with Gasteiger partial charge in [-0.1, -0.05) is 12.2 Å². The van der Waals surface area contributed by atoms with E-state index in [1.807, 2.05) is 0 Å². The second-order valence-corrected chi connectivity index (χ2v) is 3.89. The SMILES string of the molecule is NS(=O)(=O)c1c[nH]ccc1=S. The lowest BCUT2D eigenvalue weighted by molar-refractivity contribution is 0.597. The van der Waals surface area contributed by atoms with E-state index in [1.54, 1.807) is 0 Å². The largest absolute Gasteiger partial charge is 0.366 e. The van der Waals surface area contributed by atoms with Crippen molar-refractivity contribution in [2.75, 3.05) is 0 Å². The third kappa shape index (κ3) is 1.86. The minimum atomic E-state index is -3.67. The number of aromatic amines is 1. The summed E-state index contributed by atoms with van der Waals surface area (Å²) in [7, 11) is -3.67. The average Bonchev–Trinajstić information content (AvgIpc) is 1.86. The van der Waals surface area contributed by atoms with Crippen LogP contribution >= 0.6 is 12.2 Å². The first-order valence-electron chi connectivity index (χ1n) is 2.72. The van der Waals surface area contributed by atoms with Crippen LogP contribution in [0, 0.1) is 4.51 Å². The highest BCUT2D eigenvalue weighted by atomic mass is 32.2. The van der Waals surface area contributed by atoms with Crippen LogP contribution < -0.4 is 5.14 Å². The number of nitrogens with one attached hydrogen (secondary N) is 1. The van der Waals surface area contributed by atoms with Gasteiger partial charge in [0.2, 0.25) is 10.0 Å². The molecule has 11 heavy (non-hydrogen) atoms. The quantitative estimate of drug-likeness (QED) is 0.629. The van der Waals surface area contributed by atoms with E-state index >= 15 is 0 Å². The first-order valence-corrected chi connectivity index (χ1v) is 4.67. The Bertz CT molecular complexity index is 406. The molecule has 4 nitrogen and oxygen atoms in total. The molecular weight excluding hydrogens is 184 g/mol. The number of H-pyrrole nitrogens is 1. The monoisotopic (exact) mass is 190 g/mol. The van der Waals surface area contributed by atoms with Crippen molar-refractivity contribution in [1.82, 2.24) is 4.98 Å². The Balaban J connectivity index is 3.50. The van der Waals surface area contributed by atoms with E-state index in [9.17, 15) is 8.42 Å². The van der Waals surface area contributed by atoms with E-state index in [-0.39, 0.29) is 9.41 Å². The Morgan fingerprint density at radius 3 is 2.55 bits per heavy atom. The molecule has 0 aliphatic rings. The van der Waals surface area contributed by atoms with Crippen LogP contribution in [0.5, 0.6) is 0 Å². The van der Waals surface area contributed by atoms with Crippen molar-refractivity contribution < 1.29 is 8.42 Å². The van der Waals surface area contributed by atoms with Gasteiger partial charge in [-0.25, -0.2) is 13.6 Å². The molecule has 1 heterocycles. The number of sulfonamides is 1. The van der Waals surface area contributed by atoms with Crippen molar-refractivity contribution in [3.8, 4) is 0 Å². The van der Waals surface area contributed by atoms with E-state index in [0.29, 0.717) is 0 Å². The van der Waals surface area contributed by atoms with Crippen LogP contribution in [0.4, 0.5) is 0 Å². The summed E-state index contributed by atoms with van der Waals surface area (Å²) in [4.78, 5) is 2.54. The number of hydrogen-bond donors (Lipinski definition) is 2. The molecule has 0 aliphatic heterocycles. The summed E-state index contributed by atoms with van der Waals surface area (Å²) in [6.45, 7) is 0. The summed E-state index contributed by atoms with van der Waals surface area (Å²) >= 11 is 4.72. The van der Waals surface area contributed by atoms with E-state index in [2.05, 4.69) is 4.98 Å². The number of pyridine rings is 1. The number of aromatic nitrogens is 1. The number of hydrogen-bond acceptors (Lipinski definition) is 3. The maximum Gasteiger partial charge on any atom is 0.240 e. The summed E-state index contributed by atoms with van der Waals surface area (Å²) in [5.74, 6) is 0. The van der Waals surface area contributed by atoms with Gasteiger partial charge in [-0.2, -0.15) is 0 Å². The van der Waals surface area contributed by atoms with Gasteiger partial charge in [0.15, 0.2) is 0 Å². The van der Waals surface area contributed by atoms with Gasteiger partial charge in [0.25, 0.3) is 0 Å². The van der Waals surface area contributed by atoms with Crippen molar-refractivity contribution in [3.05, 3.63) is 23.0 Å². The standard InChI is InChI=1S/C5H6N2O2S2/c6-11(8,9)5-3-7-2-1-4(5)10/h1-3H,(H,7,10)(H2,6,8,9). The lowest BCUT2D eigenvalue weighted by Gasteiger charge is -1.95. The van der Waals surface area contributed by atoms with E-state index in [0.717, 1.165) is 0 Å². The molecular formula is C5H6N2O2S2. The zero-order chi connectivity index (χ0) is 8.48. The molecule has 6 heteroatoms. The summed E-state index contributed by atoms with van der Waals surface area (Å²) in [5.41, 5.74) is 0. The molecule has 1 rings (SSSR count). The topological polar surface area (TPSA) is 76.0 Å². The Morgan fingerprint density at radius 1 is 1.55 bits per heavy atom. The van der Waals surface area contributed by atoms with Crippen LogP contribution in [0.15, 0.2) is 23.4 Å². The first kappa shape index (κ1) is 8.38. The molecule has 0 atom stereocenters. The van der Waals surface area contributed by atoms with Crippen LogP contribution in [0.3, 0.4) is 0 Å². The zero-order valence-electron chi connectivity index (χ0n) is 5.44. The Morgan fingerprint density at radius 2 is 2.18 bits per heavy atom. The smallest absolute Gasteiger partial charge is 0.240 e. The lowest BCUT2D eigenvalue weighted by atomic mass is 10.5. The van der Waals surface area contributed by atoms with Crippen LogP contribution in [0.1, 0.15) is 0 Å². The third-order valence-corrected chi connectivity index (χ3v) is 2.53. The fourth-order valence-electron chi connectivity index (χ4n) is 0.623. The Labute approximate surface area is 69.1 Å². The highest BCUT2D eigenvalue weighted by molar-refractivity contribution is 7.89. The Hall–Kier alpha value is -0.720. The van der Waals surface area contributed by atoms with Gasteiger partial charge in [0, 0.05) is 12.4 Å². The normalized spacial score (nSPS) is 11.4. The second-order valence-electron chi connectivity index (χ2n) is 1.92. The van der Waals surface area contributed by atoms with Crippen molar-refractivity contribution in [2.45, 2.75) is 4.90 Å². The maximum atomic E-state index is 10.7. The Kier molecular flexibility index (Phi) is 2.08. The molecule has 0 bridgehead atoms. The summed E-state index contributed by atoms with van der Waals surface area (Å²) in [6, 6.07) is 1.47. The molecule has 0 aliphatic carbocycles. The van der Waals surface area contributed by atoms with Gasteiger partial charge >= 0.3 is 0 Å². The van der Waals surface area contributed by atoms with Crippen LogP contribution in [-0.4, -0.2) is 13.4 Å². The molecule has 0 saturated heterocycles. The highest BCUT2D eigenvalue weighted by Crippen LogP contribution is 2.05. The van der Waals surface area contributed by atoms with E-state index in [4.69, 9.17) is 17.4 Å². The highest BCUT2D eigenvalue weighted by Gasteiger charge is 2.07. The van der Waals surface area contributed by atoms with Crippen molar-refractivity contribution in [3.63, 3.8) is 0 Å². The summed E-state index contributed by atoms with van der Waals surface area (Å²) in [6.07, 6.45) is 2.80. The van der Waals surface area contributed by atoms with Gasteiger partial charge in [0.1, 0.15) is 4.90 Å². The molecule has 0 unspecified atom stereocenters. The van der Waals surface area contributed by atoms with E-state index in [1.165, 1.54) is 18.5 Å². The molecule has 60 valence electrons. The van der Waals surface area contributed by atoms with Gasteiger partial charge in [-0.15, -0.1) is 0 Å². The predicted octanol–water partition coefficient (Wildman–Crippen LogP) is 0.392. The first-order chi connectivity index (χ1) is 5.02. The van der Waals surface area contributed by atoms with Gasteiger partial charge in [-0.05, 0) is 6.07 Å². The fourth-order valence-corrected chi connectivity index (χ4v) is 1.68. The molecule has 0 amide bonds. The summed E-state index contributed by atoms with van der Waals surface area (Å²) in [5, 5.41) is 4.84. The van der Waals surface area contributed by atoms with Crippen LogP contribution in [0.2, 0.25) is 0 Å². The van der Waals surface area contributed by atoms with Crippen LogP contribution in [0.25, 0.3) is 0 Å². The zero-order valence-corrected chi connectivity index (χ0v) is 7.08. The minimum absolute atomic E-state index is 0.0463. The number of primary sulfonamides is 1. The third-order valence-electron chi connectivity index (χ3n) is 1.09. The number of nitrogens with two attached hydrogens (primary N) is 1. The fraction of sp³-hybridized carbons (Fsp3) is 0. The molecule has 0 spiro atoms. The van der Waals surface area contributed by atoms with Gasteiger partial charge < -0.3 is 4.98 Å². The van der Waals surface area contributed by atoms with Gasteiger partial charge in [0.05, 0.1) is 4.51 Å². The molecule has 1 aromatic rings. The predicted molar refractivity (Wildman–Crippen MR) is 43.0 cm³/mol. The molecule has 0 radical (unpaired) electrons. The molecule has 1 aromatic heterocycles. The summed E-state index contributed by atoms with van der Waals surface area (Å²) < 4.78 is 21.7. The van der Waals surface area contributed by atoms with Gasteiger partial charge in [-0.3, -0.25) is 0 Å². The van der Waals surface area contributed by atoms with E-state index < -0.39 is 10.0 Å².